The molecule has 2 heterocycles. The monoisotopic (exact) mass is 480 g/mol. The average Bonchev–Trinajstić information content (AvgIpc) is 2.78. The van der Waals surface area contributed by atoms with E-state index in [-0.39, 0.29) is 17.9 Å². The maximum atomic E-state index is 13.8. The second-order valence-electron chi connectivity index (χ2n) is 9.33. The Morgan fingerprint density at radius 2 is 1.85 bits per heavy atom. The Balaban J connectivity index is 1.82. The number of pyridine rings is 1. The molecule has 4 rings (SSSR count). The third kappa shape index (κ3) is 4.63. The molecule has 178 valence electrons. The average molecular weight is 481 g/mol. The zero-order chi connectivity index (χ0) is 24.7. The Labute approximate surface area is 200 Å². The minimum absolute atomic E-state index is 0.00465. The van der Waals surface area contributed by atoms with Crippen molar-refractivity contribution < 1.29 is 23.1 Å². The smallest absolute Gasteiger partial charge is 0.309 e. The molecule has 0 aliphatic carbocycles. The number of sulfonamides is 1. The molecule has 1 aliphatic heterocycles. The van der Waals surface area contributed by atoms with E-state index in [0.29, 0.717) is 11.4 Å². The zero-order valence-electron chi connectivity index (χ0n) is 19.6. The number of carbonyl (C=O) groups is 1. The summed E-state index contributed by atoms with van der Waals surface area (Å²) >= 11 is 0. The molecule has 0 saturated heterocycles. The van der Waals surface area contributed by atoms with Gasteiger partial charge in [0.05, 0.1) is 28.2 Å². The summed E-state index contributed by atoms with van der Waals surface area (Å²) in [4.78, 5) is 16.4. The third-order valence-electron chi connectivity index (χ3n) is 5.97. The number of benzene rings is 2. The number of ether oxygens (including phenoxy) is 1. The van der Waals surface area contributed by atoms with E-state index in [9.17, 15) is 18.3 Å². The van der Waals surface area contributed by atoms with Crippen LogP contribution in [0.4, 0.5) is 5.69 Å². The number of hydrogen-bond acceptors (Lipinski definition) is 5. The summed E-state index contributed by atoms with van der Waals surface area (Å²) in [6.45, 7) is 6.96. The van der Waals surface area contributed by atoms with E-state index in [1.54, 1.807) is 44.2 Å². The van der Waals surface area contributed by atoms with Gasteiger partial charge in [-0.05, 0) is 75.7 Å². The highest BCUT2D eigenvalue weighted by molar-refractivity contribution is 7.92. The van der Waals surface area contributed by atoms with Gasteiger partial charge in [0.2, 0.25) is 0 Å². The van der Waals surface area contributed by atoms with Crippen LogP contribution < -0.4 is 9.04 Å². The summed E-state index contributed by atoms with van der Waals surface area (Å²) in [5.41, 5.74) is 2.51. The van der Waals surface area contributed by atoms with E-state index < -0.39 is 27.5 Å². The van der Waals surface area contributed by atoms with Gasteiger partial charge in [0, 0.05) is 17.7 Å². The minimum atomic E-state index is -3.93. The lowest BCUT2D eigenvalue weighted by atomic mass is 9.86. The van der Waals surface area contributed by atoms with Gasteiger partial charge in [0.15, 0.2) is 0 Å². The van der Waals surface area contributed by atoms with Gasteiger partial charge in [-0.25, -0.2) is 8.42 Å². The lowest BCUT2D eigenvalue weighted by molar-refractivity contribution is -0.148. The SMILES string of the molecule is Cc1cccc(S(=O)(=O)N2C[C@H](CC(C)(C)C(=O)O)Oc3ccc(-c4cccc(C)n4)cc32)c1. The van der Waals surface area contributed by atoms with Crippen molar-refractivity contribution in [3.8, 4) is 17.0 Å². The number of aromatic nitrogens is 1. The van der Waals surface area contributed by atoms with Crippen LogP contribution in [0.3, 0.4) is 0 Å². The number of rotatable bonds is 6. The first-order valence-electron chi connectivity index (χ1n) is 11.0. The zero-order valence-corrected chi connectivity index (χ0v) is 20.5. The fourth-order valence-electron chi connectivity index (χ4n) is 4.07. The minimum Gasteiger partial charge on any atom is -0.486 e. The molecule has 1 aromatic heterocycles. The quantitative estimate of drug-likeness (QED) is 0.543. The first kappa shape index (κ1) is 23.8. The van der Waals surface area contributed by atoms with Crippen LogP contribution in [0.1, 0.15) is 31.5 Å². The number of hydrogen-bond donors (Lipinski definition) is 1. The van der Waals surface area contributed by atoms with Crippen LogP contribution in [0.15, 0.2) is 65.6 Å². The Morgan fingerprint density at radius 1 is 1.12 bits per heavy atom. The topological polar surface area (TPSA) is 96.8 Å². The van der Waals surface area contributed by atoms with Crippen LogP contribution in [0.2, 0.25) is 0 Å². The standard InChI is InChI=1S/C26H28N2O5S/c1-17-7-5-9-21(13-17)34(31,32)28-16-20(15-26(3,4)25(29)30)33-24-12-11-19(14-23(24)28)22-10-6-8-18(2)27-22/h5-14,20H,15-16H2,1-4H3,(H,29,30)/t20-/m0/s1. The molecule has 2 aromatic carbocycles. The highest BCUT2D eigenvalue weighted by atomic mass is 32.2. The Bertz CT molecular complexity index is 1350. The van der Waals surface area contributed by atoms with E-state index >= 15 is 0 Å². The van der Waals surface area contributed by atoms with Gasteiger partial charge in [-0.1, -0.05) is 18.2 Å². The number of fused-ring (bicyclic) bond motifs is 1. The van der Waals surface area contributed by atoms with E-state index in [2.05, 4.69) is 4.98 Å². The molecule has 3 aromatic rings. The van der Waals surface area contributed by atoms with Gasteiger partial charge in [-0.15, -0.1) is 0 Å². The third-order valence-corrected chi connectivity index (χ3v) is 7.74. The molecular weight excluding hydrogens is 452 g/mol. The van der Waals surface area contributed by atoms with Gasteiger partial charge in [-0.2, -0.15) is 0 Å². The number of aryl methyl sites for hydroxylation is 2. The summed E-state index contributed by atoms with van der Waals surface area (Å²) < 4.78 is 35.0. The fraction of sp³-hybridized carbons (Fsp3) is 0.308. The normalized spacial score (nSPS) is 16.0. The second-order valence-corrected chi connectivity index (χ2v) is 11.2. The lowest BCUT2D eigenvalue weighted by Crippen LogP contribution is -2.46. The summed E-state index contributed by atoms with van der Waals surface area (Å²) in [7, 11) is -3.93. The molecule has 1 N–H and O–H groups in total. The molecule has 1 aliphatic rings. The number of aliphatic carboxylic acids is 1. The summed E-state index contributed by atoms with van der Waals surface area (Å²) in [6.07, 6.45) is -0.468. The molecule has 0 radical (unpaired) electrons. The maximum Gasteiger partial charge on any atom is 0.309 e. The molecule has 7 nitrogen and oxygen atoms in total. The lowest BCUT2D eigenvalue weighted by Gasteiger charge is -2.37. The molecular formula is C26H28N2O5S. The van der Waals surface area contributed by atoms with Crippen molar-refractivity contribution in [2.75, 3.05) is 10.8 Å². The first-order valence-corrected chi connectivity index (χ1v) is 12.5. The first-order chi connectivity index (χ1) is 16.0. The van der Waals surface area contributed by atoms with Crippen molar-refractivity contribution in [3.63, 3.8) is 0 Å². The van der Waals surface area contributed by atoms with Crippen LogP contribution in [0, 0.1) is 19.3 Å². The predicted octanol–water partition coefficient (Wildman–Crippen LogP) is 4.82. The number of nitrogens with zero attached hydrogens (tertiary/aromatic N) is 2. The van der Waals surface area contributed by atoms with E-state index in [0.717, 1.165) is 22.5 Å². The van der Waals surface area contributed by atoms with Crippen molar-refractivity contribution in [3.05, 3.63) is 71.9 Å². The molecule has 0 spiro atoms. The Hall–Kier alpha value is -3.39. The van der Waals surface area contributed by atoms with Gasteiger partial charge < -0.3 is 9.84 Å². The van der Waals surface area contributed by atoms with Crippen molar-refractivity contribution in [2.45, 2.75) is 45.1 Å². The summed E-state index contributed by atoms with van der Waals surface area (Å²) in [6, 6.07) is 17.8. The highest BCUT2D eigenvalue weighted by Crippen LogP contribution is 2.41. The van der Waals surface area contributed by atoms with Crippen molar-refractivity contribution >= 4 is 21.7 Å². The number of carboxylic acid groups (broad SMARTS) is 1. The molecule has 0 bridgehead atoms. The van der Waals surface area contributed by atoms with Gasteiger partial charge in [0.1, 0.15) is 11.9 Å². The molecule has 34 heavy (non-hydrogen) atoms. The Morgan fingerprint density at radius 3 is 2.53 bits per heavy atom. The maximum absolute atomic E-state index is 13.8. The summed E-state index contributed by atoms with van der Waals surface area (Å²) in [5.74, 6) is -0.569. The van der Waals surface area contributed by atoms with Gasteiger partial charge >= 0.3 is 5.97 Å². The molecule has 0 saturated carbocycles. The van der Waals surface area contributed by atoms with E-state index in [4.69, 9.17) is 4.74 Å². The van der Waals surface area contributed by atoms with Crippen molar-refractivity contribution in [1.82, 2.24) is 4.98 Å². The number of anilines is 1. The second kappa shape index (κ2) is 8.76. The Kier molecular flexibility index (Phi) is 6.12. The number of carboxylic acids is 1. The summed E-state index contributed by atoms with van der Waals surface area (Å²) in [5, 5.41) is 9.59. The van der Waals surface area contributed by atoms with Gasteiger partial charge in [-0.3, -0.25) is 14.1 Å². The van der Waals surface area contributed by atoms with Crippen LogP contribution in [0.25, 0.3) is 11.3 Å². The van der Waals surface area contributed by atoms with Crippen LogP contribution in [0.5, 0.6) is 5.75 Å². The van der Waals surface area contributed by atoms with E-state index in [1.807, 2.05) is 44.2 Å². The van der Waals surface area contributed by atoms with Crippen LogP contribution in [-0.4, -0.2) is 37.1 Å². The van der Waals surface area contributed by atoms with E-state index in [1.165, 1.54) is 4.31 Å². The molecule has 8 heteroatoms. The molecule has 1 atom stereocenters. The van der Waals surface area contributed by atoms with Crippen LogP contribution >= 0.6 is 0 Å². The molecule has 0 fully saturated rings. The van der Waals surface area contributed by atoms with Crippen molar-refractivity contribution in [2.24, 2.45) is 5.41 Å². The molecule has 0 amide bonds. The van der Waals surface area contributed by atoms with Crippen LogP contribution in [-0.2, 0) is 14.8 Å². The predicted molar refractivity (Wildman–Crippen MR) is 131 cm³/mol. The largest absolute Gasteiger partial charge is 0.486 e. The van der Waals surface area contributed by atoms with Crippen molar-refractivity contribution in [1.29, 1.82) is 0 Å². The fourth-order valence-corrected chi connectivity index (χ4v) is 5.67. The molecule has 0 unspecified atom stereocenters. The highest BCUT2D eigenvalue weighted by Gasteiger charge is 2.39. The van der Waals surface area contributed by atoms with Gasteiger partial charge in [0.25, 0.3) is 10.0 Å².